The number of ether oxygens (including phenoxy) is 2. The molecule has 1 aromatic heterocycles. The molecule has 222 valence electrons. The van der Waals surface area contributed by atoms with Gasteiger partial charge in [-0.1, -0.05) is 0 Å². The Morgan fingerprint density at radius 1 is 0.756 bits per heavy atom. The molecule has 15 nitrogen and oxygen atoms in total. The predicted molar refractivity (Wildman–Crippen MR) is 134 cm³/mol. The van der Waals surface area contributed by atoms with E-state index in [0.29, 0.717) is 0 Å². The van der Waals surface area contributed by atoms with Crippen LogP contribution in [-0.2, 0) is 9.47 Å². The largest absolute Gasteiger partial charge is 0.507 e. The van der Waals surface area contributed by atoms with E-state index in [1.54, 1.807) is 0 Å². The first kappa shape index (κ1) is 29.0. The minimum atomic E-state index is -2.00. The van der Waals surface area contributed by atoms with Crippen LogP contribution in [0.3, 0.4) is 0 Å². The van der Waals surface area contributed by atoms with Gasteiger partial charge in [0, 0.05) is 11.6 Å². The van der Waals surface area contributed by atoms with Gasteiger partial charge in [0.25, 0.3) is 0 Å². The zero-order valence-electron chi connectivity index (χ0n) is 21.0. The number of aliphatic hydroxyl groups is 7. The van der Waals surface area contributed by atoms with Gasteiger partial charge in [-0.15, -0.1) is 0 Å². The fourth-order valence-electron chi connectivity index (χ4n) is 5.16. The molecule has 0 spiro atoms. The molecule has 3 heterocycles. The summed E-state index contributed by atoms with van der Waals surface area (Å²) in [6.07, 6.45) is -16.0. The zero-order chi connectivity index (χ0) is 29.9. The first-order valence-electron chi connectivity index (χ1n) is 12.4. The lowest BCUT2D eigenvalue weighted by molar-refractivity contribution is -0.231. The number of fused-ring (bicyclic) bond motifs is 1. The Balaban J connectivity index is 1.82. The molecule has 2 aromatic carbocycles. The number of phenols is 4. The zero-order valence-corrected chi connectivity index (χ0v) is 21.0. The van der Waals surface area contributed by atoms with Gasteiger partial charge < -0.3 is 70.1 Å². The number of hydrogen-bond acceptors (Lipinski definition) is 15. The van der Waals surface area contributed by atoms with Crippen molar-refractivity contribution in [3.05, 3.63) is 45.6 Å². The van der Waals surface area contributed by atoms with Crippen LogP contribution in [0.4, 0.5) is 0 Å². The van der Waals surface area contributed by atoms with Crippen LogP contribution in [0.2, 0.25) is 0 Å². The third kappa shape index (κ3) is 4.66. The third-order valence-corrected chi connectivity index (χ3v) is 7.42. The van der Waals surface area contributed by atoms with Crippen molar-refractivity contribution < 1.29 is 70.1 Å². The normalized spacial score (nSPS) is 32.3. The Bertz CT molecular complexity index is 1520. The lowest BCUT2D eigenvalue weighted by Crippen LogP contribution is -2.55. The summed E-state index contributed by atoms with van der Waals surface area (Å²) < 4.78 is 16.8. The van der Waals surface area contributed by atoms with Crippen molar-refractivity contribution in [2.45, 2.75) is 54.9 Å². The van der Waals surface area contributed by atoms with Gasteiger partial charge in [-0.25, -0.2) is 0 Å². The van der Waals surface area contributed by atoms with Crippen molar-refractivity contribution in [1.29, 1.82) is 0 Å². The maximum atomic E-state index is 13.4. The van der Waals surface area contributed by atoms with Gasteiger partial charge in [0.15, 0.2) is 22.5 Å². The van der Waals surface area contributed by atoms with Crippen LogP contribution in [0.1, 0.15) is 23.3 Å². The summed E-state index contributed by atoms with van der Waals surface area (Å²) in [6, 6.07) is 4.34. The number of phenolic OH excluding ortho intramolecular Hbond substituents is 4. The van der Waals surface area contributed by atoms with Crippen LogP contribution in [0, 0.1) is 0 Å². The van der Waals surface area contributed by atoms with Crippen LogP contribution in [0.5, 0.6) is 23.0 Å². The van der Waals surface area contributed by atoms with Crippen molar-refractivity contribution in [2.75, 3.05) is 13.2 Å². The summed E-state index contributed by atoms with van der Waals surface area (Å²) in [5.74, 6) is -3.21. The smallest absolute Gasteiger partial charge is 0.197 e. The summed E-state index contributed by atoms with van der Waals surface area (Å²) in [6.45, 7) is -1.39. The molecule has 15 heteroatoms. The van der Waals surface area contributed by atoms with E-state index in [1.807, 2.05) is 0 Å². The van der Waals surface area contributed by atoms with Crippen LogP contribution >= 0.6 is 0 Å². The Hall–Kier alpha value is -3.51. The molecular weight excluding hydrogens is 552 g/mol. The van der Waals surface area contributed by atoms with Gasteiger partial charge in [0.05, 0.1) is 24.3 Å². The maximum Gasteiger partial charge on any atom is 0.197 e. The molecule has 2 aliphatic heterocycles. The van der Waals surface area contributed by atoms with E-state index in [4.69, 9.17) is 13.9 Å². The summed E-state index contributed by atoms with van der Waals surface area (Å²) in [7, 11) is 0. The average Bonchev–Trinajstić information content (AvgIpc) is 2.93. The minimum absolute atomic E-state index is 0.0604. The van der Waals surface area contributed by atoms with E-state index >= 15 is 0 Å². The van der Waals surface area contributed by atoms with Crippen molar-refractivity contribution in [3.8, 4) is 34.3 Å². The first-order valence-corrected chi connectivity index (χ1v) is 12.4. The molecule has 3 aromatic rings. The molecule has 5 rings (SSSR count). The molecule has 0 aliphatic carbocycles. The lowest BCUT2D eigenvalue weighted by Gasteiger charge is -2.41. The highest BCUT2D eigenvalue weighted by Gasteiger charge is 2.48. The van der Waals surface area contributed by atoms with E-state index in [1.165, 1.54) is 6.07 Å². The van der Waals surface area contributed by atoms with E-state index in [0.717, 1.165) is 18.2 Å². The quantitative estimate of drug-likeness (QED) is 0.148. The SMILES string of the molecule is O=c1cc(-c2ccc(O)c(O)c2)oc2c([C@@H]3O[C@H](CO)[C@@H](O)[C@H](O)[C@H]3O)c(O)c(C3OCC(O)C(O)C3O)c(O)c12. The number of rotatable bonds is 4. The molecular formula is C26H28O15. The second-order valence-corrected chi connectivity index (χ2v) is 9.96. The molecule has 0 radical (unpaired) electrons. The Morgan fingerprint density at radius 2 is 1.44 bits per heavy atom. The lowest BCUT2D eigenvalue weighted by atomic mass is 9.85. The topological polar surface area (TPSA) is 271 Å². The van der Waals surface area contributed by atoms with E-state index in [2.05, 4.69) is 0 Å². The molecule has 9 atom stereocenters. The molecule has 2 fully saturated rings. The Morgan fingerprint density at radius 3 is 2.10 bits per heavy atom. The highest BCUT2D eigenvalue weighted by atomic mass is 16.5. The first-order chi connectivity index (χ1) is 19.4. The van der Waals surface area contributed by atoms with E-state index in [-0.39, 0.29) is 11.3 Å². The molecule has 2 saturated heterocycles. The fourth-order valence-corrected chi connectivity index (χ4v) is 5.16. The Labute approximate surface area is 229 Å². The molecule has 0 saturated carbocycles. The Kier molecular flexibility index (Phi) is 7.58. The fraction of sp³-hybridized carbons (Fsp3) is 0.423. The van der Waals surface area contributed by atoms with Gasteiger partial charge >= 0.3 is 0 Å². The number of hydrogen-bond donors (Lipinski definition) is 11. The molecule has 0 amide bonds. The van der Waals surface area contributed by atoms with Crippen LogP contribution in [0.15, 0.2) is 33.5 Å². The second-order valence-electron chi connectivity index (χ2n) is 9.96. The number of aliphatic hydroxyl groups excluding tert-OH is 7. The van der Waals surface area contributed by atoms with Gasteiger partial charge in [-0.2, -0.15) is 0 Å². The number of benzene rings is 2. The van der Waals surface area contributed by atoms with Crippen molar-refractivity contribution in [2.24, 2.45) is 0 Å². The monoisotopic (exact) mass is 580 g/mol. The molecule has 11 N–H and O–H groups in total. The second kappa shape index (κ2) is 10.7. The highest BCUT2D eigenvalue weighted by molar-refractivity contribution is 5.92. The van der Waals surface area contributed by atoms with Crippen molar-refractivity contribution in [3.63, 3.8) is 0 Å². The summed E-state index contributed by atoms with van der Waals surface area (Å²) in [4.78, 5) is 13.4. The molecule has 2 aliphatic rings. The maximum absolute atomic E-state index is 13.4. The van der Waals surface area contributed by atoms with Crippen molar-refractivity contribution >= 4 is 11.0 Å². The van der Waals surface area contributed by atoms with Gasteiger partial charge in [-0.3, -0.25) is 4.79 Å². The summed E-state index contributed by atoms with van der Waals surface area (Å²) in [5, 5.41) is 114. The average molecular weight is 580 g/mol. The minimum Gasteiger partial charge on any atom is -0.507 e. The third-order valence-electron chi connectivity index (χ3n) is 7.42. The summed E-state index contributed by atoms with van der Waals surface area (Å²) >= 11 is 0. The van der Waals surface area contributed by atoms with Gasteiger partial charge in [-0.05, 0) is 18.2 Å². The molecule has 41 heavy (non-hydrogen) atoms. The van der Waals surface area contributed by atoms with Gasteiger partial charge in [0.1, 0.15) is 77.6 Å². The molecule has 4 unspecified atom stereocenters. The van der Waals surface area contributed by atoms with E-state index in [9.17, 15) is 61.0 Å². The van der Waals surface area contributed by atoms with Crippen LogP contribution in [0.25, 0.3) is 22.3 Å². The van der Waals surface area contributed by atoms with Crippen molar-refractivity contribution in [1.82, 2.24) is 0 Å². The highest BCUT2D eigenvalue weighted by Crippen LogP contribution is 2.50. The summed E-state index contributed by atoms with van der Waals surface area (Å²) in [5.41, 5.74) is -2.68. The van der Waals surface area contributed by atoms with Gasteiger partial charge in [0.2, 0.25) is 0 Å². The standard InChI is InChI=1S/C26H28O15/c27-5-13-18(33)21(36)23(38)26(41-13)16-20(35)15(25-22(37)17(32)11(31)6-39-25)19(34)14-10(30)4-12(40-24(14)16)7-1-2-8(28)9(29)3-7/h1-4,11,13,17-18,21-23,25-29,31-38H,5-6H2/t11?,13-,17?,18-,21+,22?,23-,25?,26+/m1/s1. The number of aromatic hydroxyl groups is 4. The predicted octanol–water partition coefficient (Wildman–Crippen LogP) is -2.05. The van der Waals surface area contributed by atoms with E-state index < -0.39 is 119 Å². The van der Waals surface area contributed by atoms with Crippen LogP contribution in [-0.4, -0.2) is 112 Å². The van der Waals surface area contributed by atoms with Crippen LogP contribution < -0.4 is 5.43 Å². The molecule has 0 bridgehead atoms.